The molecule has 1 aliphatic heterocycles. The summed E-state index contributed by atoms with van der Waals surface area (Å²) >= 11 is 7.92. The molecule has 0 bridgehead atoms. The molecule has 7 heteroatoms. The molecule has 3 heterocycles. The van der Waals surface area contributed by atoms with Crippen LogP contribution in [0.2, 0.25) is 5.02 Å². The van der Waals surface area contributed by atoms with Crippen LogP contribution >= 0.6 is 22.9 Å². The van der Waals surface area contributed by atoms with Gasteiger partial charge in [0.15, 0.2) is 0 Å². The first kappa shape index (κ1) is 18.2. The molecule has 3 aromatic rings. The Balaban J connectivity index is 1.54. The van der Waals surface area contributed by atoms with Crippen LogP contribution in [-0.2, 0) is 6.42 Å². The van der Waals surface area contributed by atoms with Gasteiger partial charge >= 0.3 is 0 Å². The molecule has 1 aromatic carbocycles. The van der Waals surface area contributed by atoms with E-state index in [1.165, 1.54) is 4.88 Å². The molecule has 1 saturated heterocycles. The molecular formula is C20H21ClN4OS. The van der Waals surface area contributed by atoms with Crippen molar-refractivity contribution in [3.05, 3.63) is 51.6 Å². The number of carbonyl (C=O) groups is 1. The second-order valence-electron chi connectivity index (χ2n) is 6.64. The van der Waals surface area contributed by atoms with Crippen LogP contribution in [0.15, 0.2) is 30.3 Å². The highest BCUT2D eigenvalue weighted by Gasteiger charge is 2.25. The van der Waals surface area contributed by atoms with Crippen LogP contribution in [0, 0.1) is 6.92 Å². The smallest absolute Gasteiger partial charge is 0.255 e. The van der Waals surface area contributed by atoms with Crippen molar-refractivity contribution < 1.29 is 4.79 Å². The van der Waals surface area contributed by atoms with Crippen LogP contribution in [0.25, 0.3) is 10.2 Å². The summed E-state index contributed by atoms with van der Waals surface area (Å²) in [7, 11) is 0. The summed E-state index contributed by atoms with van der Waals surface area (Å²) in [6.07, 6.45) is 1.000. The summed E-state index contributed by atoms with van der Waals surface area (Å²) in [4.78, 5) is 28.6. The van der Waals surface area contributed by atoms with Gasteiger partial charge in [-0.05, 0) is 31.5 Å². The number of thiophene rings is 1. The van der Waals surface area contributed by atoms with Crippen LogP contribution in [0.3, 0.4) is 0 Å². The standard InChI is InChI=1S/C20H21ClN4OS/c1-3-14-12-16-18(22-13(2)23-19(16)27-14)24-8-10-25(11-9-24)20(26)15-6-4-5-7-17(15)21/h4-7,12H,3,8-11H2,1-2H3. The molecule has 4 rings (SSSR count). The van der Waals surface area contributed by atoms with E-state index in [9.17, 15) is 4.79 Å². The second kappa shape index (κ2) is 7.44. The van der Waals surface area contributed by atoms with Gasteiger partial charge in [-0.15, -0.1) is 11.3 Å². The molecular weight excluding hydrogens is 380 g/mol. The number of piperazine rings is 1. The largest absolute Gasteiger partial charge is 0.352 e. The minimum atomic E-state index is -0.00642. The molecule has 0 spiro atoms. The van der Waals surface area contributed by atoms with Crippen molar-refractivity contribution in [2.45, 2.75) is 20.3 Å². The van der Waals surface area contributed by atoms with Crippen molar-refractivity contribution in [2.24, 2.45) is 0 Å². The molecule has 5 nitrogen and oxygen atoms in total. The summed E-state index contributed by atoms with van der Waals surface area (Å²) < 4.78 is 0. The van der Waals surface area contributed by atoms with Gasteiger partial charge in [-0.25, -0.2) is 9.97 Å². The average molecular weight is 401 g/mol. The molecule has 0 saturated carbocycles. The second-order valence-corrected chi connectivity index (χ2v) is 8.16. The molecule has 1 fully saturated rings. The molecule has 2 aromatic heterocycles. The van der Waals surface area contributed by atoms with Crippen LogP contribution < -0.4 is 4.90 Å². The van der Waals surface area contributed by atoms with Gasteiger partial charge in [-0.2, -0.15) is 0 Å². The molecule has 0 atom stereocenters. The number of amides is 1. The molecule has 1 aliphatic rings. The van der Waals surface area contributed by atoms with E-state index in [1.807, 2.05) is 24.0 Å². The first-order valence-electron chi connectivity index (χ1n) is 9.12. The van der Waals surface area contributed by atoms with E-state index < -0.39 is 0 Å². The molecule has 0 radical (unpaired) electrons. The van der Waals surface area contributed by atoms with Crippen molar-refractivity contribution in [1.82, 2.24) is 14.9 Å². The SMILES string of the molecule is CCc1cc2c(N3CCN(C(=O)c4ccccc4Cl)CC3)nc(C)nc2s1. The lowest BCUT2D eigenvalue weighted by Gasteiger charge is -2.35. The number of rotatable bonds is 3. The van der Waals surface area contributed by atoms with Gasteiger partial charge in [0.25, 0.3) is 5.91 Å². The zero-order valence-electron chi connectivity index (χ0n) is 15.4. The highest BCUT2D eigenvalue weighted by molar-refractivity contribution is 7.18. The van der Waals surface area contributed by atoms with E-state index in [0.29, 0.717) is 23.7 Å². The topological polar surface area (TPSA) is 49.3 Å². The van der Waals surface area contributed by atoms with Crippen molar-refractivity contribution in [3.8, 4) is 0 Å². The predicted octanol–water partition coefficient (Wildman–Crippen LogP) is 4.18. The van der Waals surface area contributed by atoms with E-state index in [-0.39, 0.29) is 5.91 Å². The number of aromatic nitrogens is 2. The highest BCUT2D eigenvalue weighted by Crippen LogP contribution is 2.32. The number of aryl methyl sites for hydroxylation is 2. The molecule has 0 aliphatic carbocycles. The Morgan fingerprint density at radius 1 is 1.19 bits per heavy atom. The van der Waals surface area contributed by atoms with Crippen LogP contribution in [0.5, 0.6) is 0 Å². The number of nitrogens with zero attached hydrogens (tertiary/aromatic N) is 4. The maximum Gasteiger partial charge on any atom is 0.255 e. The Morgan fingerprint density at radius 3 is 2.63 bits per heavy atom. The van der Waals surface area contributed by atoms with Crippen LogP contribution in [-0.4, -0.2) is 47.0 Å². The highest BCUT2D eigenvalue weighted by atomic mass is 35.5. The number of anilines is 1. The van der Waals surface area contributed by atoms with Crippen LogP contribution in [0.1, 0.15) is 28.0 Å². The molecule has 27 heavy (non-hydrogen) atoms. The predicted molar refractivity (Wildman–Crippen MR) is 111 cm³/mol. The lowest BCUT2D eigenvalue weighted by Crippen LogP contribution is -2.49. The summed E-state index contributed by atoms with van der Waals surface area (Å²) in [5.41, 5.74) is 0.568. The minimum Gasteiger partial charge on any atom is -0.352 e. The first-order chi connectivity index (χ1) is 13.1. The summed E-state index contributed by atoms with van der Waals surface area (Å²) in [5.74, 6) is 1.77. The Bertz CT molecular complexity index is 995. The Kier molecular flexibility index (Phi) is 5.02. The average Bonchev–Trinajstić information content (AvgIpc) is 3.10. The summed E-state index contributed by atoms with van der Waals surface area (Å²) in [5, 5.41) is 1.62. The van der Waals surface area contributed by atoms with Gasteiger partial charge in [0.1, 0.15) is 16.5 Å². The Morgan fingerprint density at radius 2 is 1.93 bits per heavy atom. The third kappa shape index (κ3) is 3.51. The Hall–Kier alpha value is -2.18. The minimum absolute atomic E-state index is 0.00642. The zero-order chi connectivity index (χ0) is 19.0. The monoisotopic (exact) mass is 400 g/mol. The number of hydrogen-bond donors (Lipinski definition) is 0. The van der Waals surface area contributed by atoms with Gasteiger partial charge in [0.2, 0.25) is 0 Å². The number of fused-ring (bicyclic) bond motifs is 1. The lowest BCUT2D eigenvalue weighted by molar-refractivity contribution is 0.0747. The molecule has 140 valence electrons. The van der Waals surface area contributed by atoms with Gasteiger partial charge in [-0.1, -0.05) is 30.7 Å². The van der Waals surface area contributed by atoms with Crippen molar-refractivity contribution in [3.63, 3.8) is 0 Å². The molecule has 1 amide bonds. The third-order valence-corrected chi connectivity index (χ3v) is 6.36. The van der Waals surface area contributed by atoms with Crippen molar-refractivity contribution in [2.75, 3.05) is 31.1 Å². The fraction of sp³-hybridized carbons (Fsp3) is 0.350. The fourth-order valence-corrected chi connectivity index (χ4v) is 4.63. The summed E-state index contributed by atoms with van der Waals surface area (Å²) in [6, 6.07) is 9.43. The Labute approximate surface area is 167 Å². The summed E-state index contributed by atoms with van der Waals surface area (Å²) in [6.45, 7) is 6.89. The van der Waals surface area contributed by atoms with E-state index in [0.717, 1.165) is 41.4 Å². The molecule has 0 N–H and O–H groups in total. The van der Waals surface area contributed by atoms with Gasteiger partial charge in [0, 0.05) is 31.1 Å². The number of benzene rings is 1. The molecule has 0 unspecified atom stereocenters. The maximum absolute atomic E-state index is 12.8. The normalized spacial score (nSPS) is 14.8. The number of hydrogen-bond acceptors (Lipinski definition) is 5. The van der Waals surface area contributed by atoms with Crippen LogP contribution in [0.4, 0.5) is 5.82 Å². The van der Waals surface area contributed by atoms with Gasteiger partial charge in [-0.3, -0.25) is 4.79 Å². The van der Waals surface area contributed by atoms with E-state index in [2.05, 4.69) is 22.9 Å². The number of carbonyl (C=O) groups excluding carboxylic acids is 1. The van der Waals surface area contributed by atoms with Gasteiger partial charge < -0.3 is 9.80 Å². The van der Waals surface area contributed by atoms with Crippen molar-refractivity contribution in [1.29, 1.82) is 0 Å². The first-order valence-corrected chi connectivity index (χ1v) is 10.3. The van der Waals surface area contributed by atoms with Crippen molar-refractivity contribution >= 4 is 44.9 Å². The lowest BCUT2D eigenvalue weighted by atomic mass is 10.1. The van der Waals surface area contributed by atoms with E-state index >= 15 is 0 Å². The van der Waals surface area contributed by atoms with E-state index in [4.69, 9.17) is 16.6 Å². The van der Waals surface area contributed by atoms with Gasteiger partial charge in [0.05, 0.1) is 16.0 Å². The maximum atomic E-state index is 12.8. The third-order valence-electron chi connectivity index (χ3n) is 4.85. The zero-order valence-corrected chi connectivity index (χ0v) is 17.0. The quantitative estimate of drug-likeness (QED) is 0.661. The van der Waals surface area contributed by atoms with E-state index in [1.54, 1.807) is 23.5 Å². The number of halogens is 1. The fourth-order valence-electron chi connectivity index (χ4n) is 3.40.